The van der Waals surface area contributed by atoms with Gasteiger partial charge in [0, 0.05) is 44.9 Å². The van der Waals surface area contributed by atoms with Crippen LogP contribution in [-0.4, -0.2) is 64.4 Å². The molecule has 176 valence electrons. The van der Waals surface area contributed by atoms with E-state index in [-0.39, 0.29) is 31.2 Å². The molecule has 1 aliphatic rings. The number of halogens is 1. The Bertz CT molecular complexity index is 781. The number of carboxylic acid groups (broad SMARTS) is 1. The Kier molecular flexibility index (Phi) is 10.9. The molecule has 1 N–H and O–H groups in total. The van der Waals surface area contributed by atoms with E-state index in [0.717, 1.165) is 31.4 Å². The van der Waals surface area contributed by atoms with Crippen LogP contribution in [0.5, 0.6) is 0 Å². The van der Waals surface area contributed by atoms with Crippen LogP contribution in [0.25, 0.3) is 0 Å². The highest BCUT2D eigenvalue weighted by Gasteiger charge is 2.28. The number of nitrogens with zero attached hydrogens (tertiary/aromatic N) is 3. The van der Waals surface area contributed by atoms with Gasteiger partial charge in [0.2, 0.25) is 11.8 Å². The van der Waals surface area contributed by atoms with Gasteiger partial charge in [0.15, 0.2) is 0 Å². The second-order valence-electron chi connectivity index (χ2n) is 8.63. The maximum absolute atomic E-state index is 13.1. The number of aliphatic carboxylic acids is 1. The van der Waals surface area contributed by atoms with Crippen LogP contribution in [0.3, 0.4) is 0 Å². The number of hydrogen-bond acceptors (Lipinski definition) is 4. The van der Waals surface area contributed by atoms with Crippen molar-refractivity contribution in [2.75, 3.05) is 26.7 Å². The van der Waals surface area contributed by atoms with Gasteiger partial charge < -0.3 is 14.9 Å². The van der Waals surface area contributed by atoms with Crippen molar-refractivity contribution >= 4 is 33.7 Å². The summed E-state index contributed by atoms with van der Waals surface area (Å²) in [6.45, 7) is 4.67. The van der Waals surface area contributed by atoms with Gasteiger partial charge in [-0.15, -0.1) is 0 Å². The first-order chi connectivity index (χ1) is 15.3. The zero-order valence-corrected chi connectivity index (χ0v) is 20.4. The second kappa shape index (κ2) is 13.4. The van der Waals surface area contributed by atoms with Crippen LogP contribution in [0.4, 0.5) is 0 Å². The summed E-state index contributed by atoms with van der Waals surface area (Å²) in [5.74, 6) is -1.98. The number of aromatic nitrogens is 1. The maximum Gasteiger partial charge on any atom is 0.307 e. The summed E-state index contributed by atoms with van der Waals surface area (Å²) in [6.07, 6.45) is 7.93. The lowest BCUT2D eigenvalue weighted by Gasteiger charge is -2.31. The lowest BCUT2D eigenvalue weighted by Crippen LogP contribution is -2.45. The summed E-state index contributed by atoms with van der Waals surface area (Å²) in [6, 6.07) is 5.68. The molecule has 0 unspecified atom stereocenters. The Labute approximate surface area is 199 Å². The van der Waals surface area contributed by atoms with E-state index < -0.39 is 11.9 Å². The number of carboxylic acids is 1. The van der Waals surface area contributed by atoms with Crippen LogP contribution in [0, 0.1) is 11.8 Å². The van der Waals surface area contributed by atoms with Gasteiger partial charge in [-0.2, -0.15) is 0 Å². The van der Waals surface area contributed by atoms with E-state index in [1.54, 1.807) is 23.0 Å². The largest absolute Gasteiger partial charge is 0.481 e. The lowest BCUT2D eigenvalue weighted by molar-refractivity contribution is -0.147. The number of likely N-dealkylation sites (N-methyl/N-ethyl adjacent to an activating group) is 1. The van der Waals surface area contributed by atoms with Crippen molar-refractivity contribution in [2.45, 2.75) is 51.4 Å². The van der Waals surface area contributed by atoms with Crippen LogP contribution >= 0.6 is 15.9 Å². The van der Waals surface area contributed by atoms with Crippen LogP contribution < -0.4 is 0 Å². The van der Waals surface area contributed by atoms with Gasteiger partial charge in [-0.05, 0) is 41.8 Å². The average molecular weight is 508 g/mol. The smallest absolute Gasteiger partial charge is 0.307 e. The first kappa shape index (κ1) is 26.0. The van der Waals surface area contributed by atoms with Gasteiger partial charge >= 0.3 is 5.97 Å². The van der Waals surface area contributed by atoms with Crippen LogP contribution in [-0.2, 0) is 20.8 Å². The average Bonchev–Trinajstić information content (AvgIpc) is 2.77. The predicted octanol–water partition coefficient (Wildman–Crippen LogP) is 3.88. The molecule has 0 saturated heterocycles. The zero-order valence-electron chi connectivity index (χ0n) is 18.8. The fourth-order valence-corrected chi connectivity index (χ4v) is 4.42. The number of rotatable bonds is 12. The number of carbonyl (C=O) groups excluding carboxylic acids is 2. The minimum Gasteiger partial charge on any atom is -0.481 e. The molecule has 1 saturated carbocycles. The van der Waals surface area contributed by atoms with E-state index in [1.807, 2.05) is 18.2 Å². The molecule has 0 radical (unpaired) electrons. The van der Waals surface area contributed by atoms with Gasteiger partial charge in [-0.3, -0.25) is 19.4 Å². The molecule has 1 heterocycles. The highest BCUT2D eigenvalue weighted by Crippen LogP contribution is 2.26. The number of pyridine rings is 1. The minimum atomic E-state index is -1.03. The van der Waals surface area contributed by atoms with Crippen LogP contribution in [0.2, 0.25) is 0 Å². The van der Waals surface area contributed by atoms with Gasteiger partial charge in [0.1, 0.15) is 0 Å². The topological polar surface area (TPSA) is 90.8 Å². The van der Waals surface area contributed by atoms with Crippen molar-refractivity contribution in [2.24, 2.45) is 11.8 Å². The first-order valence-corrected chi connectivity index (χ1v) is 12.0. The fraction of sp³-hybridized carbons (Fsp3) is 0.583. The summed E-state index contributed by atoms with van der Waals surface area (Å²) >= 11 is 3.20. The molecule has 32 heavy (non-hydrogen) atoms. The Morgan fingerprint density at radius 1 is 1.19 bits per heavy atom. The predicted molar refractivity (Wildman–Crippen MR) is 127 cm³/mol. The summed E-state index contributed by atoms with van der Waals surface area (Å²) in [4.78, 5) is 45.1. The highest BCUT2D eigenvalue weighted by molar-refractivity contribution is 9.11. The first-order valence-electron chi connectivity index (χ1n) is 11.2. The molecule has 1 aromatic rings. The van der Waals surface area contributed by atoms with E-state index in [1.165, 1.54) is 6.42 Å². The lowest BCUT2D eigenvalue weighted by atomic mass is 9.88. The number of hydrogen-bond donors (Lipinski definition) is 1. The molecule has 1 aliphatic carbocycles. The van der Waals surface area contributed by atoms with E-state index in [0.29, 0.717) is 29.9 Å². The number of amides is 2. The summed E-state index contributed by atoms with van der Waals surface area (Å²) < 4.78 is 0.543. The van der Waals surface area contributed by atoms with Crippen molar-refractivity contribution in [3.63, 3.8) is 0 Å². The van der Waals surface area contributed by atoms with Gasteiger partial charge in [-0.1, -0.05) is 47.8 Å². The molecular formula is C24H34BrN3O4. The van der Waals surface area contributed by atoms with Crippen LogP contribution in [0.1, 0.15) is 50.6 Å². The fourth-order valence-electron chi connectivity index (χ4n) is 4.03. The molecule has 0 bridgehead atoms. The van der Waals surface area contributed by atoms with Crippen molar-refractivity contribution < 1.29 is 19.5 Å². The molecule has 1 atom stereocenters. The standard InChI is InChI=1S/C24H34BrN3O4/c1-18(25)14-20(24(31)32)15-22(29)28(16-19-8-4-3-5-9-19)17-23(30)27(2)13-11-21-10-6-7-12-26-21/h6-7,10,12,19-20H,1,3-5,8-9,11,13-17H2,2H3,(H,31,32)/t20-/m1/s1. The van der Waals surface area contributed by atoms with Gasteiger partial charge in [0.25, 0.3) is 0 Å². The van der Waals surface area contributed by atoms with Crippen LogP contribution in [0.15, 0.2) is 35.5 Å². The third-order valence-corrected chi connectivity index (χ3v) is 6.30. The molecule has 8 heteroatoms. The summed E-state index contributed by atoms with van der Waals surface area (Å²) in [7, 11) is 1.73. The van der Waals surface area contributed by atoms with Crippen molar-refractivity contribution in [3.8, 4) is 0 Å². The van der Waals surface area contributed by atoms with E-state index >= 15 is 0 Å². The van der Waals surface area contributed by atoms with E-state index in [2.05, 4.69) is 27.5 Å². The van der Waals surface area contributed by atoms with Gasteiger partial charge in [-0.25, -0.2) is 0 Å². The molecule has 2 amide bonds. The minimum absolute atomic E-state index is 0.0321. The summed E-state index contributed by atoms with van der Waals surface area (Å²) in [5.41, 5.74) is 0.904. The quantitative estimate of drug-likeness (QED) is 0.463. The van der Waals surface area contributed by atoms with Crippen molar-refractivity contribution in [1.82, 2.24) is 14.8 Å². The molecule has 1 aromatic heterocycles. The van der Waals surface area contributed by atoms with E-state index in [4.69, 9.17) is 0 Å². The molecule has 0 aromatic carbocycles. The Morgan fingerprint density at radius 2 is 1.91 bits per heavy atom. The third kappa shape index (κ3) is 9.10. The molecule has 1 fully saturated rings. The van der Waals surface area contributed by atoms with Crippen molar-refractivity contribution in [1.29, 1.82) is 0 Å². The summed E-state index contributed by atoms with van der Waals surface area (Å²) in [5, 5.41) is 9.51. The Morgan fingerprint density at radius 3 is 2.50 bits per heavy atom. The number of allylic oxidation sites excluding steroid dienone is 1. The third-order valence-electron chi connectivity index (χ3n) is 5.98. The molecule has 2 rings (SSSR count). The highest BCUT2D eigenvalue weighted by atomic mass is 79.9. The Balaban J connectivity index is 2.02. The van der Waals surface area contributed by atoms with Gasteiger partial charge in [0.05, 0.1) is 12.5 Å². The number of carbonyl (C=O) groups is 3. The second-order valence-corrected chi connectivity index (χ2v) is 9.75. The molecular weight excluding hydrogens is 474 g/mol. The van der Waals surface area contributed by atoms with Crippen molar-refractivity contribution in [3.05, 3.63) is 41.2 Å². The zero-order chi connectivity index (χ0) is 23.5. The molecule has 0 aliphatic heterocycles. The SMILES string of the molecule is C=C(Br)C[C@H](CC(=O)N(CC(=O)N(C)CCc1ccccn1)CC1CCCCC1)C(=O)O. The molecule has 7 nitrogen and oxygen atoms in total. The monoisotopic (exact) mass is 507 g/mol. The Hall–Kier alpha value is -2.22. The maximum atomic E-state index is 13.1. The van der Waals surface area contributed by atoms with E-state index in [9.17, 15) is 19.5 Å². The molecule has 0 spiro atoms. The normalized spacial score (nSPS) is 15.1.